The second-order valence-corrected chi connectivity index (χ2v) is 5.52. The zero-order chi connectivity index (χ0) is 11.3. The van der Waals surface area contributed by atoms with Gasteiger partial charge in [0, 0.05) is 18.0 Å². The number of hydrogen-bond donors (Lipinski definition) is 2. The van der Waals surface area contributed by atoms with E-state index in [1.165, 1.54) is 6.42 Å². The predicted molar refractivity (Wildman–Crippen MR) is 58.0 cm³/mol. The van der Waals surface area contributed by atoms with Crippen LogP contribution < -0.4 is 0 Å². The summed E-state index contributed by atoms with van der Waals surface area (Å²) in [6, 6.07) is 0.778. The molecule has 0 unspecified atom stereocenters. The highest BCUT2D eigenvalue weighted by Crippen LogP contribution is 2.45. The minimum Gasteiger partial charge on any atom is -0.481 e. The SMILES string of the molecule is O=C(O)[C@@H]1CC[C@H]2[C@@H](C1)[C@@H](O)[C@@H]1CCCN12. The fourth-order valence-electron chi connectivity index (χ4n) is 4.07. The number of nitrogens with zero attached hydrogens (tertiary/aromatic N) is 1. The standard InChI is InChI=1S/C12H19NO3/c14-11-8-6-7(12(15)16)3-4-9(8)13-5-1-2-10(11)13/h7-11,14H,1-6H2,(H,15,16)/t7-,8-,9+,10+,11-/m1/s1. The maximum Gasteiger partial charge on any atom is 0.306 e. The van der Waals surface area contributed by atoms with Gasteiger partial charge < -0.3 is 10.2 Å². The molecule has 0 aromatic heterocycles. The van der Waals surface area contributed by atoms with Gasteiger partial charge in [-0.1, -0.05) is 0 Å². The number of aliphatic hydroxyl groups excluding tert-OH is 1. The third-order valence-corrected chi connectivity index (χ3v) is 4.81. The molecule has 2 aliphatic heterocycles. The number of aliphatic carboxylic acids is 1. The molecule has 3 fully saturated rings. The Morgan fingerprint density at radius 2 is 2.00 bits per heavy atom. The van der Waals surface area contributed by atoms with Gasteiger partial charge in [0.15, 0.2) is 0 Å². The van der Waals surface area contributed by atoms with E-state index in [1.54, 1.807) is 0 Å². The summed E-state index contributed by atoms with van der Waals surface area (Å²) in [6.07, 6.45) is 4.41. The summed E-state index contributed by atoms with van der Waals surface area (Å²) in [7, 11) is 0. The van der Waals surface area contributed by atoms with Crippen molar-refractivity contribution in [3.05, 3.63) is 0 Å². The van der Waals surface area contributed by atoms with Crippen LogP contribution in [0.2, 0.25) is 0 Å². The molecule has 3 aliphatic rings. The quantitative estimate of drug-likeness (QED) is 0.689. The first-order chi connectivity index (χ1) is 7.68. The molecule has 0 aromatic rings. The first-order valence-electron chi connectivity index (χ1n) is 6.35. The van der Waals surface area contributed by atoms with Crippen molar-refractivity contribution in [2.24, 2.45) is 11.8 Å². The van der Waals surface area contributed by atoms with Gasteiger partial charge in [0.05, 0.1) is 12.0 Å². The summed E-state index contributed by atoms with van der Waals surface area (Å²) in [5.74, 6) is -0.700. The van der Waals surface area contributed by atoms with Crippen molar-refractivity contribution >= 4 is 5.97 Å². The molecular formula is C12H19NO3. The van der Waals surface area contributed by atoms with E-state index in [9.17, 15) is 9.90 Å². The van der Waals surface area contributed by atoms with E-state index in [2.05, 4.69) is 4.90 Å². The van der Waals surface area contributed by atoms with Crippen molar-refractivity contribution in [3.8, 4) is 0 Å². The summed E-state index contributed by atoms with van der Waals surface area (Å²) < 4.78 is 0. The predicted octanol–water partition coefficient (Wildman–Crippen LogP) is 0.695. The lowest BCUT2D eigenvalue weighted by Crippen LogP contribution is -2.39. The second-order valence-electron chi connectivity index (χ2n) is 5.52. The molecule has 0 bridgehead atoms. The third-order valence-electron chi connectivity index (χ3n) is 4.81. The molecule has 0 spiro atoms. The van der Waals surface area contributed by atoms with E-state index < -0.39 is 5.97 Å². The number of carbonyl (C=O) groups is 1. The topological polar surface area (TPSA) is 60.8 Å². The van der Waals surface area contributed by atoms with Crippen LogP contribution in [0.25, 0.3) is 0 Å². The Morgan fingerprint density at radius 3 is 2.75 bits per heavy atom. The number of hydrogen-bond acceptors (Lipinski definition) is 3. The van der Waals surface area contributed by atoms with Crippen molar-refractivity contribution in [1.29, 1.82) is 0 Å². The van der Waals surface area contributed by atoms with Gasteiger partial charge in [-0.05, 0) is 38.6 Å². The number of carboxylic acids is 1. The Morgan fingerprint density at radius 1 is 1.19 bits per heavy atom. The van der Waals surface area contributed by atoms with Crippen LogP contribution in [-0.2, 0) is 4.79 Å². The van der Waals surface area contributed by atoms with Gasteiger partial charge in [0.1, 0.15) is 0 Å². The Balaban J connectivity index is 1.77. The molecule has 90 valence electrons. The molecule has 1 saturated carbocycles. The van der Waals surface area contributed by atoms with Crippen LogP contribution >= 0.6 is 0 Å². The van der Waals surface area contributed by atoms with E-state index in [4.69, 9.17) is 5.11 Å². The van der Waals surface area contributed by atoms with Crippen LogP contribution in [0.4, 0.5) is 0 Å². The molecule has 2 heterocycles. The lowest BCUT2D eigenvalue weighted by molar-refractivity contribution is -0.144. The van der Waals surface area contributed by atoms with Crippen LogP contribution in [0.5, 0.6) is 0 Å². The van der Waals surface area contributed by atoms with Crippen LogP contribution in [0.15, 0.2) is 0 Å². The second kappa shape index (κ2) is 3.70. The van der Waals surface area contributed by atoms with Crippen molar-refractivity contribution in [3.63, 3.8) is 0 Å². The molecule has 5 atom stereocenters. The smallest absolute Gasteiger partial charge is 0.306 e. The molecule has 4 nitrogen and oxygen atoms in total. The van der Waals surface area contributed by atoms with Gasteiger partial charge in [-0.2, -0.15) is 0 Å². The Labute approximate surface area is 95.2 Å². The largest absolute Gasteiger partial charge is 0.481 e. The van der Waals surface area contributed by atoms with E-state index in [0.717, 1.165) is 25.8 Å². The maximum atomic E-state index is 11.0. The lowest BCUT2D eigenvalue weighted by atomic mass is 9.76. The van der Waals surface area contributed by atoms with Gasteiger partial charge in [-0.25, -0.2) is 0 Å². The van der Waals surface area contributed by atoms with Crippen LogP contribution in [0.3, 0.4) is 0 Å². The molecule has 2 saturated heterocycles. The van der Waals surface area contributed by atoms with E-state index in [0.29, 0.717) is 18.5 Å². The first-order valence-corrected chi connectivity index (χ1v) is 6.35. The van der Waals surface area contributed by atoms with Crippen molar-refractivity contribution in [2.45, 2.75) is 50.3 Å². The minimum absolute atomic E-state index is 0.208. The molecule has 4 heteroatoms. The zero-order valence-corrected chi connectivity index (χ0v) is 9.38. The highest BCUT2D eigenvalue weighted by molar-refractivity contribution is 5.70. The fraction of sp³-hybridized carbons (Fsp3) is 0.917. The third kappa shape index (κ3) is 1.39. The average Bonchev–Trinajstić information content (AvgIpc) is 2.83. The van der Waals surface area contributed by atoms with Gasteiger partial charge in [0.2, 0.25) is 0 Å². The Hall–Kier alpha value is -0.610. The van der Waals surface area contributed by atoms with Gasteiger partial charge in [-0.3, -0.25) is 9.69 Å². The van der Waals surface area contributed by atoms with Gasteiger partial charge in [-0.15, -0.1) is 0 Å². The van der Waals surface area contributed by atoms with E-state index in [-0.39, 0.29) is 17.9 Å². The first kappa shape index (κ1) is 10.5. The molecule has 16 heavy (non-hydrogen) atoms. The highest BCUT2D eigenvalue weighted by Gasteiger charge is 2.52. The van der Waals surface area contributed by atoms with Crippen LogP contribution in [0.1, 0.15) is 32.1 Å². The monoisotopic (exact) mass is 225 g/mol. The van der Waals surface area contributed by atoms with Crippen molar-refractivity contribution < 1.29 is 15.0 Å². The molecule has 2 N–H and O–H groups in total. The van der Waals surface area contributed by atoms with Crippen molar-refractivity contribution in [1.82, 2.24) is 4.90 Å². The molecular weight excluding hydrogens is 206 g/mol. The molecule has 1 aliphatic carbocycles. The molecule has 3 rings (SSSR count). The summed E-state index contributed by atoms with van der Waals surface area (Å²) in [6.45, 7) is 1.10. The van der Waals surface area contributed by atoms with Crippen LogP contribution in [-0.4, -0.2) is 45.8 Å². The minimum atomic E-state index is -0.683. The lowest BCUT2D eigenvalue weighted by Gasteiger charge is -2.33. The van der Waals surface area contributed by atoms with Gasteiger partial charge >= 0.3 is 5.97 Å². The fourth-order valence-corrected chi connectivity index (χ4v) is 4.07. The van der Waals surface area contributed by atoms with Crippen LogP contribution in [0, 0.1) is 11.8 Å². The van der Waals surface area contributed by atoms with Gasteiger partial charge in [0.25, 0.3) is 0 Å². The Kier molecular flexibility index (Phi) is 2.44. The number of aliphatic hydroxyl groups is 1. The van der Waals surface area contributed by atoms with Crippen molar-refractivity contribution in [2.75, 3.05) is 6.54 Å². The van der Waals surface area contributed by atoms with E-state index in [1.807, 2.05) is 0 Å². The summed E-state index contributed by atoms with van der Waals surface area (Å²) >= 11 is 0. The number of fused-ring (bicyclic) bond motifs is 3. The average molecular weight is 225 g/mol. The maximum absolute atomic E-state index is 11.0. The number of carboxylic acid groups (broad SMARTS) is 1. The molecule has 0 radical (unpaired) electrons. The summed E-state index contributed by atoms with van der Waals surface area (Å²) in [5, 5.41) is 19.3. The normalized spacial score (nSPS) is 47.7. The van der Waals surface area contributed by atoms with E-state index >= 15 is 0 Å². The summed E-state index contributed by atoms with van der Waals surface area (Å²) in [5.41, 5.74) is 0. The molecule has 0 amide bonds. The highest BCUT2D eigenvalue weighted by atomic mass is 16.4. The Bertz CT molecular complexity index is 307. The molecule has 0 aromatic carbocycles. The number of rotatable bonds is 1. The zero-order valence-electron chi connectivity index (χ0n) is 9.38. The summed E-state index contributed by atoms with van der Waals surface area (Å²) in [4.78, 5) is 13.4.